The van der Waals surface area contributed by atoms with Crippen LogP contribution in [0, 0.1) is 5.92 Å². The van der Waals surface area contributed by atoms with Crippen LogP contribution in [0.2, 0.25) is 0 Å². The number of aryl methyl sites for hydroxylation is 2. The molecule has 29 heavy (non-hydrogen) atoms. The third-order valence-corrected chi connectivity index (χ3v) is 6.09. The van der Waals surface area contributed by atoms with Crippen molar-refractivity contribution in [2.24, 2.45) is 5.92 Å². The zero-order valence-electron chi connectivity index (χ0n) is 16.4. The second kappa shape index (κ2) is 7.81. The second-order valence-corrected chi connectivity index (χ2v) is 8.03. The Morgan fingerprint density at radius 1 is 1.14 bits per heavy atom. The molecule has 2 aromatic heterocycles. The number of carbonyl (C=O) groups is 1. The minimum Gasteiger partial charge on any atom is -0.476 e. The van der Waals surface area contributed by atoms with Crippen LogP contribution in [-0.4, -0.2) is 50.9 Å². The summed E-state index contributed by atoms with van der Waals surface area (Å²) in [5, 5.41) is 16.6. The van der Waals surface area contributed by atoms with Crippen molar-refractivity contribution in [3.05, 3.63) is 47.3 Å². The lowest BCUT2D eigenvalue weighted by Crippen LogP contribution is -2.40. The third kappa shape index (κ3) is 3.69. The monoisotopic (exact) mass is 391 g/mol. The summed E-state index contributed by atoms with van der Waals surface area (Å²) in [6, 6.07) is 9.80. The fourth-order valence-corrected chi connectivity index (χ4v) is 4.32. The van der Waals surface area contributed by atoms with Crippen molar-refractivity contribution in [3.8, 4) is 5.88 Å². The quantitative estimate of drug-likeness (QED) is 0.739. The van der Waals surface area contributed by atoms with Crippen molar-refractivity contribution >= 4 is 16.8 Å². The van der Waals surface area contributed by atoms with Gasteiger partial charge in [0.05, 0.1) is 17.8 Å². The number of hydrogen-bond donors (Lipinski definition) is 1. The normalized spacial score (nSPS) is 17.3. The van der Waals surface area contributed by atoms with Gasteiger partial charge in [0.25, 0.3) is 5.91 Å². The van der Waals surface area contributed by atoms with Crippen LogP contribution in [0.1, 0.15) is 47.4 Å². The van der Waals surface area contributed by atoms with Gasteiger partial charge in [-0.2, -0.15) is 10.2 Å². The Morgan fingerprint density at radius 2 is 1.97 bits per heavy atom. The fraction of sp³-hybridized carbons (Fsp3) is 0.455. The molecule has 1 fully saturated rings. The molecular formula is C22H25N5O2. The highest BCUT2D eigenvalue weighted by molar-refractivity contribution is 6.04. The average Bonchev–Trinajstić information content (AvgIpc) is 3.21. The number of nitrogens with one attached hydrogen (secondary N) is 1. The predicted molar refractivity (Wildman–Crippen MR) is 109 cm³/mol. The van der Waals surface area contributed by atoms with Gasteiger partial charge in [-0.05, 0) is 56.1 Å². The largest absolute Gasteiger partial charge is 0.476 e. The van der Waals surface area contributed by atoms with E-state index in [0.29, 0.717) is 24.1 Å². The lowest BCUT2D eigenvalue weighted by atomic mass is 9.96. The van der Waals surface area contributed by atoms with Gasteiger partial charge in [0.15, 0.2) is 5.69 Å². The van der Waals surface area contributed by atoms with Crippen LogP contribution in [0.15, 0.2) is 30.3 Å². The standard InChI is InChI=1S/C22H25N5O2/c28-22(21-17-6-2-4-8-19(17)24-26-21)27-11-9-15(10-12-27)14-29-20-13-16-5-1-3-7-18(16)23-25-20/h2,4,6,8,13,15H,1,3,5,7,9-12,14H2,(H,24,26). The minimum absolute atomic E-state index is 0.00220. The molecule has 1 aliphatic carbocycles. The summed E-state index contributed by atoms with van der Waals surface area (Å²) >= 11 is 0. The molecule has 7 nitrogen and oxygen atoms in total. The molecule has 3 heterocycles. The van der Waals surface area contributed by atoms with Crippen LogP contribution in [0.4, 0.5) is 0 Å². The first-order chi connectivity index (χ1) is 14.3. The van der Waals surface area contributed by atoms with E-state index in [0.717, 1.165) is 55.4 Å². The van der Waals surface area contributed by atoms with Crippen LogP contribution in [0.25, 0.3) is 10.9 Å². The molecule has 0 atom stereocenters. The number of carbonyl (C=O) groups excluding carboxylic acids is 1. The summed E-state index contributed by atoms with van der Waals surface area (Å²) < 4.78 is 5.94. The molecule has 0 unspecified atom stereocenters. The van der Waals surface area contributed by atoms with Gasteiger partial charge in [-0.25, -0.2) is 0 Å². The lowest BCUT2D eigenvalue weighted by Gasteiger charge is -2.31. The first-order valence-corrected chi connectivity index (χ1v) is 10.5. The first-order valence-electron chi connectivity index (χ1n) is 10.5. The number of H-pyrrole nitrogens is 1. The van der Waals surface area contributed by atoms with E-state index >= 15 is 0 Å². The number of rotatable bonds is 4. The number of amides is 1. The van der Waals surface area contributed by atoms with Gasteiger partial charge in [-0.3, -0.25) is 9.89 Å². The molecule has 1 amide bonds. The van der Waals surface area contributed by atoms with E-state index in [9.17, 15) is 4.79 Å². The molecule has 1 saturated heterocycles. The zero-order chi connectivity index (χ0) is 19.6. The number of aromatic amines is 1. The van der Waals surface area contributed by atoms with Crippen molar-refractivity contribution in [1.29, 1.82) is 0 Å². The molecule has 1 aromatic carbocycles. The molecule has 7 heteroatoms. The molecule has 1 aliphatic heterocycles. The number of piperidine rings is 1. The van der Waals surface area contributed by atoms with Crippen LogP contribution in [0.3, 0.4) is 0 Å². The lowest BCUT2D eigenvalue weighted by molar-refractivity contribution is 0.0655. The van der Waals surface area contributed by atoms with Crippen molar-refractivity contribution in [1.82, 2.24) is 25.3 Å². The summed E-state index contributed by atoms with van der Waals surface area (Å²) in [6.07, 6.45) is 6.37. The molecule has 5 rings (SSSR count). The fourth-order valence-electron chi connectivity index (χ4n) is 4.32. The maximum atomic E-state index is 12.9. The van der Waals surface area contributed by atoms with E-state index in [2.05, 4.69) is 26.5 Å². The van der Waals surface area contributed by atoms with Gasteiger partial charge in [0.2, 0.25) is 5.88 Å². The highest BCUT2D eigenvalue weighted by Gasteiger charge is 2.26. The van der Waals surface area contributed by atoms with Crippen molar-refractivity contribution in [3.63, 3.8) is 0 Å². The maximum Gasteiger partial charge on any atom is 0.274 e. The number of nitrogens with zero attached hydrogens (tertiary/aromatic N) is 4. The van der Waals surface area contributed by atoms with E-state index in [1.165, 1.54) is 18.4 Å². The molecule has 3 aromatic rings. The first kappa shape index (κ1) is 18.1. The summed E-state index contributed by atoms with van der Waals surface area (Å²) in [5.41, 5.74) is 3.82. The third-order valence-electron chi connectivity index (χ3n) is 6.09. The Kier molecular flexibility index (Phi) is 4.87. The average molecular weight is 391 g/mol. The molecule has 0 bridgehead atoms. The topological polar surface area (TPSA) is 84.0 Å². The second-order valence-electron chi connectivity index (χ2n) is 8.03. The zero-order valence-corrected chi connectivity index (χ0v) is 16.4. The number of hydrogen-bond acceptors (Lipinski definition) is 5. The Balaban J connectivity index is 1.16. The molecule has 150 valence electrons. The number of aromatic nitrogens is 4. The number of fused-ring (bicyclic) bond motifs is 2. The van der Waals surface area contributed by atoms with Crippen LogP contribution in [-0.2, 0) is 12.8 Å². The Labute approximate surface area is 169 Å². The molecule has 0 spiro atoms. The summed E-state index contributed by atoms with van der Waals surface area (Å²) in [6.45, 7) is 2.08. The van der Waals surface area contributed by atoms with Crippen molar-refractivity contribution in [2.45, 2.75) is 38.5 Å². The Morgan fingerprint density at radius 3 is 2.86 bits per heavy atom. The van der Waals surface area contributed by atoms with Crippen molar-refractivity contribution in [2.75, 3.05) is 19.7 Å². The number of benzene rings is 1. The highest BCUT2D eigenvalue weighted by atomic mass is 16.5. The predicted octanol–water partition coefficient (Wildman–Crippen LogP) is 3.16. The molecule has 2 aliphatic rings. The minimum atomic E-state index is 0.00220. The van der Waals surface area contributed by atoms with Gasteiger partial charge >= 0.3 is 0 Å². The van der Waals surface area contributed by atoms with E-state index in [4.69, 9.17) is 4.74 Å². The van der Waals surface area contributed by atoms with Gasteiger partial charge in [-0.15, -0.1) is 5.10 Å². The van der Waals surface area contributed by atoms with Gasteiger partial charge < -0.3 is 9.64 Å². The van der Waals surface area contributed by atoms with Crippen molar-refractivity contribution < 1.29 is 9.53 Å². The highest BCUT2D eigenvalue weighted by Crippen LogP contribution is 2.24. The smallest absolute Gasteiger partial charge is 0.274 e. The number of likely N-dealkylation sites (tertiary alicyclic amines) is 1. The maximum absolute atomic E-state index is 12.9. The molecular weight excluding hydrogens is 366 g/mol. The van der Waals surface area contributed by atoms with E-state index in [1.54, 1.807) is 0 Å². The Bertz CT molecular complexity index is 1020. The Hall–Kier alpha value is -2.96. The van der Waals surface area contributed by atoms with Gasteiger partial charge in [0.1, 0.15) is 0 Å². The molecule has 1 N–H and O–H groups in total. The summed E-state index contributed by atoms with van der Waals surface area (Å²) in [5.74, 6) is 1.06. The van der Waals surface area contributed by atoms with Crippen LogP contribution in [0.5, 0.6) is 5.88 Å². The summed E-state index contributed by atoms with van der Waals surface area (Å²) in [7, 11) is 0. The van der Waals surface area contributed by atoms with Gasteiger partial charge in [0, 0.05) is 24.5 Å². The number of ether oxygens (including phenoxy) is 1. The van der Waals surface area contributed by atoms with Gasteiger partial charge in [-0.1, -0.05) is 18.2 Å². The number of para-hydroxylation sites is 1. The van der Waals surface area contributed by atoms with E-state index in [-0.39, 0.29) is 5.91 Å². The van der Waals surface area contributed by atoms with Crippen LogP contribution >= 0.6 is 0 Å². The molecule has 0 radical (unpaired) electrons. The summed E-state index contributed by atoms with van der Waals surface area (Å²) in [4.78, 5) is 14.8. The van der Waals surface area contributed by atoms with Crippen LogP contribution < -0.4 is 4.74 Å². The van der Waals surface area contributed by atoms with E-state index in [1.807, 2.05) is 29.2 Å². The SMILES string of the molecule is O=C(c1n[nH]c2ccccc12)N1CCC(COc2cc3c(nn2)CCCC3)CC1. The van der Waals surface area contributed by atoms with E-state index < -0.39 is 0 Å². The molecule has 0 saturated carbocycles.